The van der Waals surface area contributed by atoms with Crippen molar-refractivity contribution in [3.8, 4) is 5.75 Å². The van der Waals surface area contributed by atoms with Gasteiger partial charge in [0, 0.05) is 46.8 Å². The second-order valence-corrected chi connectivity index (χ2v) is 9.71. The lowest BCUT2D eigenvalue weighted by Gasteiger charge is -2.30. The Morgan fingerprint density at radius 1 is 1.16 bits per heavy atom. The molecule has 0 saturated heterocycles. The molecule has 1 atom stereocenters. The molecule has 3 amide bonds. The van der Waals surface area contributed by atoms with Gasteiger partial charge in [0.2, 0.25) is 5.75 Å². The monoisotopic (exact) mass is 516 g/mol. The van der Waals surface area contributed by atoms with Gasteiger partial charge in [-0.05, 0) is 30.7 Å². The first kappa shape index (κ1) is 27.8. The van der Waals surface area contributed by atoms with Gasteiger partial charge in [0.15, 0.2) is 5.69 Å². The Labute approximate surface area is 214 Å². The van der Waals surface area contributed by atoms with E-state index in [9.17, 15) is 28.7 Å². The van der Waals surface area contributed by atoms with E-state index in [4.69, 9.17) is 0 Å². The minimum Gasteiger partial charge on any atom is -0.501 e. The van der Waals surface area contributed by atoms with Gasteiger partial charge in [-0.25, -0.2) is 9.37 Å². The van der Waals surface area contributed by atoms with E-state index in [2.05, 4.69) is 10.3 Å². The zero-order valence-corrected chi connectivity index (χ0v) is 21.7. The molecule has 11 nitrogen and oxygen atoms in total. The summed E-state index contributed by atoms with van der Waals surface area (Å²) in [6, 6.07) is 4.65. The highest BCUT2D eigenvalue weighted by atomic mass is 19.1. The van der Waals surface area contributed by atoms with Crippen LogP contribution in [0.2, 0.25) is 0 Å². The largest absolute Gasteiger partial charge is 0.501 e. The summed E-state index contributed by atoms with van der Waals surface area (Å²) in [7, 11) is 4.79. The van der Waals surface area contributed by atoms with Crippen molar-refractivity contribution in [3.63, 3.8) is 0 Å². The van der Waals surface area contributed by atoms with E-state index in [1.165, 1.54) is 45.7 Å². The van der Waals surface area contributed by atoms with Gasteiger partial charge in [0.1, 0.15) is 17.7 Å². The number of aromatic nitrogens is 2. The third-order valence-corrected chi connectivity index (χ3v) is 6.20. The number of carbonyl (C=O) groups excluding carboxylic acids is 3. The second-order valence-electron chi connectivity index (χ2n) is 9.71. The molecule has 2 heterocycles. The summed E-state index contributed by atoms with van der Waals surface area (Å²) >= 11 is 0. The molecule has 2 aromatic rings. The predicted octanol–water partition coefficient (Wildman–Crippen LogP) is 0.577. The lowest BCUT2D eigenvalue weighted by Crippen LogP contribution is -2.47. The van der Waals surface area contributed by atoms with Crippen LogP contribution in [-0.2, 0) is 22.7 Å². The summed E-state index contributed by atoms with van der Waals surface area (Å²) in [4.78, 5) is 60.6. The number of nitrogens with zero attached hydrogens (tertiary/aromatic N) is 5. The number of benzene rings is 1. The molecule has 0 fully saturated rings. The first-order valence-corrected chi connectivity index (χ1v) is 12.0. The van der Waals surface area contributed by atoms with Crippen LogP contribution >= 0.6 is 0 Å². The Morgan fingerprint density at radius 2 is 1.81 bits per heavy atom. The van der Waals surface area contributed by atoms with E-state index < -0.39 is 46.6 Å². The molecule has 0 aliphatic carbocycles. The predicted molar refractivity (Wildman–Crippen MR) is 133 cm³/mol. The third kappa shape index (κ3) is 6.31. The SMILES string of the molecule is CC(C)CN(C)C(=O)C(=O)N(C)C1CN(C)CCn2c1nc(C(=O)NCc1ccc(F)cc1)c(O)c2=O. The molecule has 1 aliphatic heterocycles. The Kier molecular flexibility index (Phi) is 8.64. The minimum atomic E-state index is -0.839. The smallest absolute Gasteiger partial charge is 0.312 e. The maximum absolute atomic E-state index is 13.2. The van der Waals surface area contributed by atoms with Gasteiger partial charge in [0.25, 0.3) is 11.5 Å². The lowest BCUT2D eigenvalue weighted by molar-refractivity contribution is -0.152. The van der Waals surface area contributed by atoms with Gasteiger partial charge in [0.05, 0.1) is 0 Å². The van der Waals surface area contributed by atoms with Crippen LogP contribution in [0.5, 0.6) is 5.75 Å². The quantitative estimate of drug-likeness (QED) is 0.538. The summed E-state index contributed by atoms with van der Waals surface area (Å²) in [6.07, 6.45) is 0. The summed E-state index contributed by atoms with van der Waals surface area (Å²) < 4.78 is 14.4. The van der Waals surface area contributed by atoms with E-state index in [1.807, 2.05) is 18.7 Å². The van der Waals surface area contributed by atoms with Crippen LogP contribution in [0, 0.1) is 11.7 Å². The van der Waals surface area contributed by atoms with Crippen LogP contribution in [-0.4, -0.2) is 87.9 Å². The van der Waals surface area contributed by atoms with Crippen molar-refractivity contribution in [2.24, 2.45) is 5.92 Å². The average molecular weight is 517 g/mol. The number of aromatic hydroxyl groups is 1. The molecule has 12 heteroatoms. The number of nitrogens with one attached hydrogen (secondary N) is 1. The van der Waals surface area contributed by atoms with Gasteiger partial charge in [-0.1, -0.05) is 26.0 Å². The molecule has 1 aromatic heterocycles. The number of fused-ring (bicyclic) bond motifs is 1. The molecule has 0 spiro atoms. The lowest BCUT2D eigenvalue weighted by atomic mass is 10.2. The van der Waals surface area contributed by atoms with Gasteiger partial charge < -0.3 is 25.1 Å². The number of halogens is 1. The highest BCUT2D eigenvalue weighted by Gasteiger charge is 2.35. The van der Waals surface area contributed by atoms with E-state index in [-0.39, 0.29) is 31.4 Å². The molecular weight excluding hydrogens is 483 g/mol. The highest BCUT2D eigenvalue weighted by Crippen LogP contribution is 2.24. The zero-order valence-electron chi connectivity index (χ0n) is 21.7. The maximum atomic E-state index is 13.2. The van der Waals surface area contributed by atoms with Crippen LogP contribution in [0.3, 0.4) is 0 Å². The molecule has 0 radical (unpaired) electrons. The van der Waals surface area contributed by atoms with Crippen LogP contribution in [0.4, 0.5) is 4.39 Å². The molecule has 1 aromatic carbocycles. The Bertz CT molecular complexity index is 1230. The van der Waals surface area contributed by atoms with E-state index in [0.717, 1.165) is 0 Å². The molecule has 1 aliphatic rings. The minimum absolute atomic E-state index is 0.0138. The number of likely N-dealkylation sites (N-methyl/N-ethyl adjacent to an activating group) is 3. The molecule has 37 heavy (non-hydrogen) atoms. The molecule has 0 saturated carbocycles. The van der Waals surface area contributed by atoms with Gasteiger partial charge >= 0.3 is 11.8 Å². The van der Waals surface area contributed by atoms with Gasteiger partial charge in [-0.2, -0.15) is 0 Å². The molecular formula is C25H33FN6O5. The van der Waals surface area contributed by atoms with Crippen molar-refractivity contribution in [3.05, 3.63) is 57.5 Å². The van der Waals surface area contributed by atoms with Crippen LogP contribution in [0.15, 0.2) is 29.1 Å². The summed E-state index contributed by atoms with van der Waals surface area (Å²) in [5, 5.41) is 13.1. The molecule has 0 bridgehead atoms. The molecule has 2 N–H and O–H groups in total. The molecule has 3 rings (SSSR count). The summed E-state index contributed by atoms with van der Waals surface area (Å²) in [5.74, 6) is -3.26. The fourth-order valence-electron chi connectivity index (χ4n) is 4.18. The number of hydrogen-bond donors (Lipinski definition) is 2. The van der Waals surface area contributed by atoms with Crippen LogP contribution in [0.25, 0.3) is 0 Å². The van der Waals surface area contributed by atoms with Crippen molar-refractivity contribution in [1.29, 1.82) is 0 Å². The van der Waals surface area contributed by atoms with Crippen molar-refractivity contribution < 1.29 is 23.9 Å². The first-order valence-electron chi connectivity index (χ1n) is 12.0. The molecule has 1 unspecified atom stereocenters. The third-order valence-electron chi connectivity index (χ3n) is 6.20. The van der Waals surface area contributed by atoms with Gasteiger partial charge in [-0.3, -0.25) is 23.7 Å². The van der Waals surface area contributed by atoms with Crippen molar-refractivity contribution in [2.45, 2.75) is 33.0 Å². The fourth-order valence-corrected chi connectivity index (χ4v) is 4.18. The maximum Gasteiger partial charge on any atom is 0.312 e. The Hall–Kier alpha value is -3.80. The number of hydrogen-bond acceptors (Lipinski definition) is 7. The van der Waals surface area contributed by atoms with Crippen LogP contribution < -0.4 is 10.9 Å². The topological polar surface area (TPSA) is 128 Å². The average Bonchev–Trinajstić information content (AvgIpc) is 3.02. The number of amides is 3. The molecule has 200 valence electrons. The van der Waals surface area contributed by atoms with Crippen molar-refractivity contribution >= 4 is 17.7 Å². The van der Waals surface area contributed by atoms with E-state index in [0.29, 0.717) is 18.7 Å². The second kappa shape index (κ2) is 11.5. The van der Waals surface area contributed by atoms with Crippen LogP contribution in [0.1, 0.15) is 41.8 Å². The first-order chi connectivity index (χ1) is 17.4. The fraction of sp³-hybridized carbons (Fsp3) is 0.480. The van der Waals surface area contributed by atoms with E-state index in [1.54, 1.807) is 14.1 Å². The summed E-state index contributed by atoms with van der Waals surface area (Å²) in [6.45, 7) is 5.10. The highest BCUT2D eigenvalue weighted by molar-refractivity contribution is 6.34. The van der Waals surface area contributed by atoms with E-state index >= 15 is 0 Å². The van der Waals surface area contributed by atoms with Crippen molar-refractivity contribution in [1.82, 2.24) is 29.6 Å². The number of carbonyl (C=O) groups is 3. The number of rotatable bonds is 6. The summed E-state index contributed by atoms with van der Waals surface area (Å²) in [5.41, 5.74) is -0.701. The van der Waals surface area contributed by atoms with Gasteiger partial charge in [-0.15, -0.1) is 0 Å². The normalized spacial score (nSPS) is 15.6. The zero-order chi connectivity index (χ0) is 27.4. The Morgan fingerprint density at radius 3 is 2.43 bits per heavy atom. The van der Waals surface area contributed by atoms with Crippen molar-refractivity contribution in [2.75, 3.05) is 40.8 Å². The Balaban J connectivity index is 1.94. The standard InChI is InChI=1S/C25H33FN6O5/c1-15(2)13-30(4)24(36)25(37)31(5)18-14-29(3)10-11-32-21(18)28-19(20(33)23(32)35)22(34)27-12-16-6-8-17(26)9-7-16/h6-9,15,18,33H,10-14H2,1-5H3,(H,27,34).